The number of ether oxygens (including phenoxy) is 2. The van der Waals surface area contributed by atoms with Gasteiger partial charge in [-0.1, -0.05) is 27.7 Å². The first-order valence-electron chi connectivity index (χ1n) is 9.30. The lowest BCUT2D eigenvalue weighted by Crippen LogP contribution is -2.44. The first-order valence-corrected chi connectivity index (χ1v) is 9.30. The predicted molar refractivity (Wildman–Crippen MR) is 108 cm³/mol. The maximum Gasteiger partial charge on any atom is 0.216 e. The van der Waals surface area contributed by atoms with E-state index in [0.717, 1.165) is 13.1 Å². The molecule has 1 amide bonds. The Morgan fingerprint density at radius 3 is 2.24 bits per heavy atom. The van der Waals surface area contributed by atoms with Crippen LogP contribution in [0.1, 0.15) is 52.7 Å². The quantitative estimate of drug-likeness (QED) is 0.410. The van der Waals surface area contributed by atoms with Crippen LogP contribution in [0.3, 0.4) is 0 Å². The molecule has 0 fully saturated rings. The van der Waals surface area contributed by atoms with Gasteiger partial charge in [0.2, 0.25) is 5.91 Å². The van der Waals surface area contributed by atoms with Crippen LogP contribution in [0.2, 0.25) is 0 Å². The molecule has 158 valence electrons. The number of hydrogen-bond acceptors (Lipinski definition) is 5. The van der Waals surface area contributed by atoms with Crippen LogP contribution in [-0.4, -0.2) is 69.7 Å². The van der Waals surface area contributed by atoms with E-state index in [2.05, 4.69) is 29.8 Å². The molecule has 1 atom stereocenters. The highest BCUT2D eigenvalue weighted by molar-refractivity contribution is 5.72. The number of hydrogen-bond donors (Lipinski definition) is 3. The van der Waals surface area contributed by atoms with Crippen molar-refractivity contribution >= 4 is 5.91 Å². The Morgan fingerprint density at radius 2 is 1.68 bits per heavy atom. The maximum atomic E-state index is 14.0. The summed E-state index contributed by atoms with van der Waals surface area (Å²) in [6.45, 7) is 16.8. The van der Waals surface area contributed by atoms with E-state index in [9.17, 15) is 9.18 Å². The second-order valence-corrected chi connectivity index (χ2v) is 6.33. The minimum atomic E-state index is -1.25. The molecular formula is C18H46FN3O3. The molecule has 0 spiro atoms. The number of nitrogens with one attached hydrogen (secondary N) is 3. The average Bonchev–Trinajstić information content (AvgIpc) is 2.55. The molecule has 0 aromatic heterocycles. The molecule has 25 heavy (non-hydrogen) atoms. The van der Waals surface area contributed by atoms with Gasteiger partial charge in [-0.25, -0.2) is 4.39 Å². The van der Waals surface area contributed by atoms with E-state index in [0.29, 0.717) is 32.4 Å². The molecule has 3 N–H and O–H groups in total. The Balaban J connectivity index is -0.000000340. The molecule has 0 aromatic carbocycles. The highest BCUT2D eigenvalue weighted by atomic mass is 19.1. The van der Waals surface area contributed by atoms with Gasteiger partial charge in [0.1, 0.15) is 6.17 Å². The van der Waals surface area contributed by atoms with Crippen molar-refractivity contribution in [1.29, 1.82) is 0 Å². The second kappa shape index (κ2) is 16.7. The molecule has 0 radical (unpaired) electrons. The average molecular weight is 372 g/mol. The van der Waals surface area contributed by atoms with E-state index in [1.165, 1.54) is 6.92 Å². The number of alkyl halides is 1. The summed E-state index contributed by atoms with van der Waals surface area (Å²) < 4.78 is 25.0. The molecule has 7 heteroatoms. The topological polar surface area (TPSA) is 71.6 Å². The number of halogens is 1. The van der Waals surface area contributed by atoms with Crippen LogP contribution >= 0.6 is 0 Å². The van der Waals surface area contributed by atoms with Gasteiger partial charge in [-0.05, 0) is 13.8 Å². The van der Waals surface area contributed by atoms with Crippen LogP contribution in [0, 0.1) is 0 Å². The van der Waals surface area contributed by atoms with Crippen LogP contribution in [0.15, 0.2) is 0 Å². The van der Waals surface area contributed by atoms with Crippen molar-refractivity contribution in [3.63, 3.8) is 0 Å². The van der Waals surface area contributed by atoms with Crippen LogP contribution in [0.4, 0.5) is 4.39 Å². The Morgan fingerprint density at radius 1 is 1.12 bits per heavy atom. The monoisotopic (exact) mass is 371 g/mol. The second-order valence-electron chi connectivity index (χ2n) is 6.33. The summed E-state index contributed by atoms with van der Waals surface area (Å²) in [6.07, 6.45) is -1.25. The summed E-state index contributed by atoms with van der Waals surface area (Å²) in [5.41, 5.74) is -0.927. The molecule has 0 aliphatic heterocycles. The van der Waals surface area contributed by atoms with Crippen molar-refractivity contribution in [2.75, 3.05) is 46.0 Å². The minimum absolute atomic E-state index is 0. The molecule has 0 aliphatic rings. The molecule has 0 aliphatic carbocycles. The van der Waals surface area contributed by atoms with Crippen LogP contribution in [0.25, 0.3) is 0 Å². The SMILES string of the molecule is CC.CC(=O)NCC(F)C(C)(C)OCCNCCOCCNC(C)C.[HH].[HH].[HH]. The molecule has 0 saturated heterocycles. The van der Waals surface area contributed by atoms with Crippen molar-refractivity contribution < 1.29 is 22.9 Å². The summed E-state index contributed by atoms with van der Waals surface area (Å²) in [4.78, 5) is 10.8. The summed E-state index contributed by atoms with van der Waals surface area (Å²) in [6, 6.07) is 0.474. The van der Waals surface area contributed by atoms with Gasteiger partial charge in [-0.2, -0.15) is 0 Å². The third-order valence-corrected chi connectivity index (χ3v) is 3.26. The van der Waals surface area contributed by atoms with Crippen molar-refractivity contribution in [3.8, 4) is 0 Å². The van der Waals surface area contributed by atoms with Crippen molar-refractivity contribution in [2.45, 2.75) is 66.3 Å². The summed E-state index contributed by atoms with van der Waals surface area (Å²) in [5, 5.41) is 8.92. The van der Waals surface area contributed by atoms with E-state index >= 15 is 0 Å². The van der Waals surface area contributed by atoms with E-state index in [-0.39, 0.29) is 16.7 Å². The van der Waals surface area contributed by atoms with Gasteiger partial charge in [0.15, 0.2) is 0 Å². The molecule has 0 bridgehead atoms. The van der Waals surface area contributed by atoms with Gasteiger partial charge in [0.25, 0.3) is 0 Å². The maximum absolute atomic E-state index is 14.0. The number of rotatable bonds is 14. The van der Waals surface area contributed by atoms with E-state index < -0.39 is 11.8 Å². The molecule has 1 unspecified atom stereocenters. The lowest BCUT2D eigenvalue weighted by Gasteiger charge is -2.29. The van der Waals surface area contributed by atoms with Gasteiger partial charge < -0.3 is 25.4 Å². The van der Waals surface area contributed by atoms with E-state index in [1.807, 2.05) is 13.8 Å². The largest absolute Gasteiger partial charge is 0.379 e. The van der Waals surface area contributed by atoms with Crippen molar-refractivity contribution in [2.24, 2.45) is 0 Å². The summed E-state index contributed by atoms with van der Waals surface area (Å²) in [5.74, 6) is -0.242. The molecule has 0 rings (SSSR count). The van der Waals surface area contributed by atoms with Gasteiger partial charge in [-0.3, -0.25) is 4.79 Å². The smallest absolute Gasteiger partial charge is 0.216 e. The van der Waals surface area contributed by atoms with Gasteiger partial charge in [-0.15, -0.1) is 0 Å². The third-order valence-electron chi connectivity index (χ3n) is 3.26. The molecule has 0 aromatic rings. The van der Waals surface area contributed by atoms with Gasteiger partial charge >= 0.3 is 0 Å². The highest BCUT2D eigenvalue weighted by Gasteiger charge is 2.30. The first-order chi connectivity index (χ1) is 11.8. The Labute approximate surface area is 158 Å². The Bertz CT molecular complexity index is 330. The lowest BCUT2D eigenvalue weighted by molar-refractivity contribution is -0.120. The standard InChI is InChI=1S/C16H34FN3O3.C2H6.3H2/c1-13(2)19-8-10-22-9-6-18-7-11-23-16(4,5)15(17)12-20-14(3)21;1-2;;;/h13,15,18-19H,6-12H2,1-5H3,(H,20,21);1-2H3;3*1H. The first kappa shape index (κ1) is 26.5. The van der Waals surface area contributed by atoms with E-state index in [4.69, 9.17) is 9.47 Å². The zero-order chi connectivity index (χ0) is 19.7. The summed E-state index contributed by atoms with van der Waals surface area (Å²) >= 11 is 0. The number of carbonyl (C=O) groups is 1. The van der Waals surface area contributed by atoms with Crippen molar-refractivity contribution in [1.82, 2.24) is 16.0 Å². The van der Waals surface area contributed by atoms with Crippen LogP contribution in [0.5, 0.6) is 0 Å². The fourth-order valence-corrected chi connectivity index (χ4v) is 1.75. The highest BCUT2D eigenvalue weighted by Crippen LogP contribution is 2.17. The normalized spacial score (nSPS) is 12.5. The van der Waals surface area contributed by atoms with Crippen molar-refractivity contribution in [3.05, 3.63) is 0 Å². The fraction of sp³-hybridized carbons (Fsp3) is 0.944. The van der Waals surface area contributed by atoms with Gasteiger partial charge in [0, 0.05) is 36.9 Å². The van der Waals surface area contributed by atoms with Crippen LogP contribution < -0.4 is 16.0 Å². The molecular weight excluding hydrogens is 325 g/mol. The zero-order valence-electron chi connectivity index (χ0n) is 17.2. The molecule has 0 heterocycles. The minimum Gasteiger partial charge on any atom is -0.379 e. The number of carbonyl (C=O) groups excluding carboxylic acids is 1. The molecule has 0 saturated carbocycles. The Kier molecular flexibility index (Phi) is 17.7. The molecule has 6 nitrogen and oxygen atoms in total. The van der Waals surface area contributed by atoms with Gasteiger partial charge in [0.05, 0.1) is 32.0 Å². The lowest BCUT2D eigenvalue weighted by atomic mass is 10.0. The van der Waals surface area contributed by atoms with Crippen LogP contribution in [-0.2, 0) is 14.3 Å². The third kappa shape index (κ3) is 17.8. The predicted octanol–water partition coefficient (Wildman–Crippen LogP) is 2.62. The Hall–Kier alpha value is -0.760. The van der Waals surface area contributed by atoms with E-state index in [1.54, 1.807) is 13.8 Å². The fourth-order valence-electron chi connectivity index (χ4n) is 1.75. The zero-order valence-corrected chi connectivity index (χ0v) is 17.2. The number of amides is 1. The summed E-state index contributed by atoms with van der Waals surface area (Å²) in [7, 11) is 0.